The zero-order chi connectivity index (χ0) is 36.7. The van der Waals surface area contributed by atoms with Gasteiger partial charge in [0.05, 0.1) is 25.0 Å². The Hall–Kier alpha value is -4.84. The molecule has 2 aliphatic rings. The maximum atomic E-state index is 15.1. The minimum atomic E-state index is -1.16. The van der Waals surface area contributed by atoms with Gasteiger partial charge in [-0.25, -0.2) is 14.5 Å². The third-order valence-corrected chi connectivity index (χ3v) is 10.5. The lowest BCUT2D eigenvalue weighted by molar-refractivity contribution is -0.295. The van der Waals surface area contributed by atoms with Gasteiger partial charge in [-0.3, -0.25) is 4.79 Å². The SMILES string of the molecule is CCC(Oc1ccc([C@H](Nc2ccccc2)[C@@H](SCC2(c3ccccc3)OCC(C)(C)CO2)C(=O)N2C(=O)OC[C@@H]2c2ccccc2)cc1)C(=O)O. The number of carboxylic acids is 1. The molecule has 2 aliphatic heterocycles. The molecule has 0 bridgehead atoms. The molecule has 4 atom stereocenters. The topological polar surface area (TPSA) is 124 Å². The van der Waals surface area contributed by atoms with Crippen LogP contribution < -0.4 is 10.1 Å². The predicted octanol–water partition coefficient (Wildman–Crippen LogP) is 7.83. The average molecular weight is 725 g/mol. The maximum absolute atomic E-state index is 15.1. The van der Waals surface area contributed by atoms with Gasteiger partial charge in [-0.05, 0) is 41.8 Å². The Labute approximate surface area is 308 Å². The number of carbonyl (C=O) groups excluding carboxylic acids is 2. The van der Waals surface area contributed by atoms with Crippen molar-refractivity contribution in [2.75, 3.05) is 30.9 Å². The van der Waals surface area contributed by atoms with Gasteiger partial charge in [-0.15, -0.1) is 11.8 Å². The van der Waals surface area contributed by atoms with E-state index < -0.39 is 47.2 Å². The number of benzene rings is 4. The molecule has 10 nitrogen and oxygen atoms in total. The molecule has 2 N–H and O–H groups in total. The summed E-state index contributed by atoms with van der Waals surface area (Å²) in [7, 11) is 0. The molecule has 2 saturated heterocycles. The highest BCUT2D eigenvalue weighted by molar-refractivity contribution is 8.00. The number of nitrogens with zero attached hydrogens (tertiary/aromatic N) is 1. The first-order valence-corrected chi connectivity index (χ1v) is 18.4. The minimum absolute atomic E-state index is 0.0339. The Bertz CT molecular complexity index is 1800. The molecule has 52 heavy (non-hydrogen) atoms. The number of hydrogen-bond acceptors (Lipinski definition) is 9. The quantitative estimate of drug-likeness (QED) is 0.133. The second-order valence-electron chi connectivity index (χ2n) is 13.7. The Morgan fingerprint density at radius 2 is 1.50 bits per heavy atom. The average Bonchev–Trinajstić information content (AvgIpc) is 3.56. The first-order chi connectivity index (χ1) is 25.1. The van der Waals surface area contributed by atoms with Gasteiger partial charge in [0.1, 0.15) is 23.6 Å². The maximum Gasteiger partial charge on any atom is 0.417 e. The number of anilines is 1. The molecule has 0 saturated carbocycles. The van der Waals surface area contributed by atoms with Crippen LogP contribution in [0.1, 0.15) is 56.0 Å². The lowest BCUT2D eigenvalue weighted by atomic mass is 9.93. The van der Waals surface area contributed by atoms with Crippen LogP contribution in [-0.2, 0) is 29.6 Å². The van der Waals surface area contributed by atoms with E-state index in [4.69, 9.17) is 18.9 Å². The van der Waals surface area contributed by atoms with Crippen molar-refractivity contribution in [2.45, 2.75) is 56.4 Å². The second kappa shape index (κ2) is 16.2. The Balaban J connectivity index is 1.42. The standard InChI is InChI=1S/C41H44N2O8S/c1-4-34(38(45)46)51-32-22-20-29(21-23-32)35(42-31-18-12-7-13-19-31)36(37(44)43-33(24-48-39(43)47)28-14-8-5-9-15-28)52-27-41(30-16-10-6-11-17-30)49-25-40(2,3)26-50-41/h5-23,33-36,42H,4,24-27H2,1-3H3,(H,45,46)/t33-,34?,35+,36-/m1/s1. The number of thioether (sulfide) groups is 1. The molecule has 2 amide bonds. The predicted molar refractivity (Wildman–Crippen MR) is 199 cm³/mol. The van der Waals surface area contributed by atoms with Crippen LogP contribution in [0.3, 0.4) is 0 Å². The number of nitrogens with one attached hydrogen (secondary N) is 1. The van der Waals surface area contributed by atoms with Crippen molar-refractivity contribution < 1.29 is 38.4 Å². The minimum Gasteiger partial charge on any atom is -0.479 e. The van der Waals surface area contributed by atoms with Gasteiger partial charge in [0, 0.05) is 16.7 Å². The molecule has 4 aromatic carbocycles. The van der Waals surface area contributed by atoms with E-state index in [0.717, 1.165) is 22.4 Å². The smallest absolute Gasteiger partial charge is 0.417 e. The van der Waals surface area contributed by atoms with Gasteiger partial charge in [0.25, 0.3) is 0 Å². The summed E-state index contributed by atoms with van der Waals surface area (Å²) in [5.74, 6) is -2.04. The second-order valence-corrected chi connectivity index (χ2v) is 14.8. The fraction of sp³-hybridized carbons (Fsp3) is 0.341. The number of rotatable bonds is 14. The third-order valence-electron chi connectivity index (χ3n) is 9.16. The fourth-order valence-electron chi connectivity index (χ4n) is 6.24. The first-order valence-electron chi connectivity index (χ1n) is 17.4. The molecule has 11 heteroatoms. The normalized spacial score (nSPS) is 19.6. The first kappa shape index (κ1) is 36.9. The molecular weight excluding hydrogens is 681 g/mol. The van der Waals surface area contributed by atoms with E-state index in [-0.39, 0.29) is 17.8 Å². The Morgan fingerprint density at radius 1 is 0.904 bits per heavy atom. The van der Waals surface area contributed by atoms with Crippen LogP contribution in [0.2, 0.25) is 0 Å². The lowest BCUT2D eigenvalue weighted by Gasteiger charge is -2.44. The highest BCUT2D eigenvalue weighted by atomic mass is 32.2. The van der Waals surface area contributed by atoms with Crippen molar-refractivity contribution in [2.24, 2.45) is 5.41 Å². The van der Waals surface area contributed by atoms with Crippen LogP contribution in [0, 0.1) is 5.41 Å². The summed E-state index contributed by atoms with van der Waals surface area (Å²) in [6.45, 7) is 6.82. The number of carboxylic acid groups (broad SMARTS) is 1. The van der Waals surface area contributed by atoms with Crippen LogP contribution in [0.25, 0.3) is 0 Å². The van der Waals surface area contributed by atoms with Crippen molar-refractivity contribution in [3.05, 3.63) is 132 Å². The molecule has 1 unspecified atom stereocenters. The van der Waals surface area contributed by atoms with Gasteiger partial charge >= 0.3 is 12.1 Å². The van der Waals surface area contributed by atoms with Crippen molar-refractivity contribution in [3.8, 4) is 5.75 Å². The molecule has 4 aromatic rings. The molecule has 2 heterocycles. The van der Waals surface area contributed by atoms with Gasteiger partial charge in [-0.2, -0.15) is 0 Å². The fourth-order valence-corrected chi connectivity index (χ4v) is 7.65. The summed E-state index contributed by atoms with van der Waals surface area (Å²) in [4.78, 5) is 41.4. The molecule has 0 aliphatic carbocycles. The highest BCUT2D eigenvalue weighted by Gasteiger charge is 2.48. The third kappa shape index (κ3) is 8.44. The number of hydrogen-bond donors (Lipinski definition) is 2. The van der Waals surface area contributed by atoms with Crippen LogP contribution >= 0.6 is 11.8 Å². The molecule has 272 valence electrons. The molecule has 0 radical (unpaired) electrons. The van der Waals surface area contributed by atoms with Crippen molar-refractivity contribution in [1.82, 2.24) is 4.90 Å². The van der Waals surface area contributed by atoms with Gasteiger partial charge in [0.2, 0.25) is 11.7 Å². The van der Waals surface area contributed by atoms with Crippen LogP contribution in [0.5, 0.6) is 5.75 Å². The highest BCUT2D eigenvalue weighted by Crippen LogP contribution is 2.43. The Morgan fingerprint density at radius 3 is 2.10 bits per heavy atom. The summed E-state index contributed by atoms with van der Waals surface area (Å²) < 4.78 is 24.4. The van der Waals surface area contributed by atoms with Crippen LogP contribution in [0.15, 0.2) is 115 Å². The largest absolute Gasteiger partial charge is 0.479 e. The van der Waals surface area contributed by atoms with Crippen molar-refractivity contribution in [1.29, 1.82) is 0 Å². The molecule has 2 fully saturated rings. The number of amides is 2. The van der Waals surface area contributed by atoms with Gasteiger partial charge in [0.15, 0.2) is 6.10 Å². The van der Waals surface area contributed by atoms with Gasteiger partial charge < -0.3 is 29.4 Å². The number of ether oxygens (including phenoxy) is 4. The van der Waals surface area contributed by atoms with E-state index in [0.29, 0.717) is 25.4 Å². The number of aliphatic carboxylic acids is 1. The molecular formula is C41H44N2O8S. The number of imide groups is 1. The van der Waals surface area contributed by atoms with Crippen molar-refractivity contribution in [3.63, 3.8) is 0 Å². The number of cyclic esters (lactones) is 1. The molecule has 0 spiro atoms. The molecule has 0 aromatic heterocycles. The Kier molecular flexibility index (Phi) is 11.5. The molecule has 6 rings (SSSR count). The summed E-state index contributed by atoms with van der Waals surface area (Å²) in [5.41, 5.74) is 2.88. The van der Waals surface area contributed by atoms with E-state index in [2.05, 4.69) is 19.2 Å². The summed E-state index contributed by atoms with van der Waals surface area (Å²) in [5, 5.41) is 12.2. The summed E-state index contributed by atoms with van der Waals surface area (Å²) in [6.07, 6.45) is -1.42. The summed E-state index contributed by atoms with van der Waals surface area (Å²) >= 11 is 1.34. The van der Waals surface area contributed by atoms with E-state index in [1.165, 1.54) is 16.7 Å². The number of para-hydroxylation sites is 1. The zero-order valence-corrected chi connectivity index (χ0v) is 30.3. The monoisotopic (exact) mass is 724 g/mol. The van der Waals surface area contributed by atoms with Gasteiger partial charge in [-0.1, -0.05) is 112 Å². The van der Waals surface area contributed by atoms with E-state index in [1.54, 1.807) is 19.1 Å². The van der Waals surface area contributed by atoms with E-state index in [9.17, 15) is 14.7 Å². The zero-order valence-electron chi connectivity index (χ0n) is 29.5. The van der Waals surface area contributed by atoms with E-state index >= 15 is 4.79 Å². The van der Waals surface area contributed by atoms with Crippen LogP contribution in [-0.4, -0.2) is 64.9 Å². The number of carbonyl (C=O) groups is 3. The van der Waals surface area contributed by atoms with Crippen LogP contribution in [0.4, 0.5) is 10.5 Å². The lowest BCUT2D eigenvalue weighted by Crippen LogP contribution is -2.49. The van der Waals surface area contributed by atoms with E-state index in [1.807, 2.05) is 103 Å². The van der Waals surface area contributed by atoms with Crippen molar-refractivity contribution >= 4 is 35.4 Å². The summed E-state index contributed by atoms with van der Waals surface area (Å²) in [6, 6.07) is 34.3.